The minimum Gasteiger partial charge on any atom is -0.381 e. The Morgan fingerprint density at radius 1 is 1.54 bits per heavy atom. The van der Waals surface area contributed by atoms with E-state index in [-0.39, 0.29) is 0 Å². The summed E-state index contributed by atoms with van der Waals surface area (Å²) in [6.45, 7) is 4.37. The summed E-state index contributed by atoms with van der Waals surface area (Å²) in [5, 5.41) is 3.51. The molecule has 2 rings (SSSR count). The Hall–Kier alpha value is -1.05. The van der Waals surface area contributed by atoms with Gasteiger partial charge in [-0.25, -0.2) is 0 Å². The Morgan fingerprint density at radius 2 is 2.31 bits per heavy atom. The van der Waals surface area contributed by atoms with Crippen molar-refractivity contribution in [2.75, 3.05) is 5.32 Å². The average Bonchev–Trinajstić information content (AvgIpc) is 2.91. The highest BCUT2D eigenvalue weighted by molar-refractivity contribution is 5.48. The average molecular weight is 176 g/mol. The fraction of sp³-hybridized carbons (Fsp3) is 0.545. The number of hydrogen-bond donors (Lipinski definition) is 1. The summed E-state index contributed by atoms with van der Waals surface area (Å²) in [5.74, 6) is 0.889. The van der Waals surface area contributed by atoms with Crippen molar-refractivity contribution in [2.45, 2.75) is 32.7 Å². The standard InChI is InChI=1S/C11H16N2/c1-8-5-6-12-7-11(8)13-9(2)10-3-4-10/h5-7,9-10,13H,3-4H2,1-2H3/t9-/m1/s1. The van der Waals surface area contributed by atoms with Gasteiger partial charge < -0.3 is 5.32 Å². The van der Waals surface area contributed by atoms with Crippen molar-refractivity contribution in [3.05, 3.63) is 24.0 Å². The molecular weight excluding hydrogens is 160 g/mol. The molecule has 1 aliphatic rings. The molecule has 13 heavy (non-hydrogen) atoms. The molecule has 1 heterocycles. The van der Waals surface area contributed by atoms with Crippen LogP contribution in [0.5, 0.6) is 0 Å². The van der Waals surface area contributed by atoms with Gasteiger partial charge in [0.2, 0.25) is 0 Å². The van der Waals surface area contributed by atoms with Crippen molar-refractivity contribution in [1.29, 1.82) is 0 Å². The van der Waals surface area contributed by atoms with Crippen LogP contribution in [0.4, 0.5) is 5.69 Å². The summed E-state index contributed by atoms with van der Waals surface area (Å²) in [6, 6.07) is 2.64. The first-order chi connectivity index (χ1) is 6.27. The van der Waals surface area contributed by atoms with Crippen LogP contribution in [-0.4, -0.2) is 11.0 Å². The lowest BCUT2D eigenvalue weighted by Gasteiger charge is -2.15. The first-order valence-electron chi connectivity index (χ1n) is 4.94. The summed E-state index contributed by atoms with van der Waals surface area (Å²) >= 11 is 0. The molecule has 1 aliphatic carbocycles. The molecule has 1 N–H and O–H groups in total. The van der Waals surface area contributed by atoms with Gasteiger partial charge in [0.25, 0.3) is 0 Å². The Labute approximate surface area is 79.4 Å². The van der Waals surface area contributed by atoms with Crippen molar-refractivity contribution >= 4 is 5.69 Å². The Morgan fingerprint density at radius 3 is 2.92 bits per heavy atom. The van der Waals surface area contributed by atoms with Crippen LogP contribution in [0, 0.1) is 12.8 Å². The molecule has 1 atom stereocenters. The molecule has 0 saturated heterocycles. The number of hydrogen-bond acceptors (Lipinski definition) is 2. The smallest absolute Gasteiger partial charge is 0.0558 e. The van der Waals surface area contributed by atoms with Crippen molar-refractivity contribution in [1.82, 2.24) is 4.98 Å². The third-order valence-corrected chi connectivity index (χ3v) is 2.75. The zero-order chi connectivity index (χ0) is 9.26. The first kappa shape index (κ1) is 8.54. The molecule has 0 aromatic carbocycles. The fourth-order valence-electron chi connectivity index (χ4n) is 1.57. The SMILES string of the molecule is Cc1ccncc1N[C@H](C)C1CC1. The maximum atomic E-state index is 4.12. The van der Waals surface area contributed by atoms with Crippen LogP contribution in [0.2, 0.25) is 0 Å². The molecule has 0 unspecified atom stereocenters. The Kier molecular flexibility index (Phi) is 2.21. The van der Waals surface area contributed by atoms with Crippen LogP contribution in [0.25, 0.3) is 0 Å². The molecule has 2 heteroatoms. The van der Waals surface area contributed by atoms with E-state index in [9.17, 15) is 0 Å². The number of nitrogens with one attached hydrogen (secondary N) is 1. The molecule has 1 saturated carbocycles. The van der Waals surface area contributed by atoms with Crippen LogP contribution in [0.1, 0.15) is 25.3 Å². The van der Waals surface area contributed by atoms with E-state index in [0.29, 0.717) is 6.04 Å². The Bertz CT molecular complexity index is 292. The topological polar surface area (TPSA) is 24.9 Å². The maximum Gasteiger partial charge on any atom is 0.0558 e. The van der Waals surface area contributed by atoms with E-state index in [1.54, 1.807) is 0 Å². The van der Waals surface area contributed by atoms with Gasteiger partial charge in [-0.3, -0.25) is 4.98 Å². The van der Waals surface area contributed by atoms with Gasteiger partial charge in [0, 0.05) is 12.2 Å². The zero-order valence-corrected chi connectivity index (χ0v) is 8.25. The van der Waals surface area contributed by atoms with Gasteiger partial charge >= 0.3 is 0 Å². The van der Waals surface area contributed by atoms with Gasteiger partial charge in [-0.15, -0.1) is 0 Å². The van der Waals surface area contributed by atoms with Crippen LogP contribution in [0.15, 0.2) is 18.5 Å². The van der Waals surface area contributed by atoms with Gasteiger partial charge in [0.05, 0.1) is 11.9 Å². The molecule has 2 nitrogen and oxygen atoms in total. The van der Waals surface area contributed by atoms with Crippen molar-refractivity contribution in [3.63, 3.8) is 0 Å². The van der Waals surface area contributed by atoms with E-state index in [0.717, 1.165) is 5.92 Å². The second kappa shape index (κ2) is 3.36. The number of pyridine rings is 1. The summed E-state index contributed by atoms with van der Waals surface area (Å²) in [6.07, 6.45) is 6.51. The molecule has 0 spiro atoms. The van der Waals surface area contributed by atoms with E-state index in [1.165, 1.54) is 24.1 Å². The summed E-state index contributed by atoms with van der Waals surface area (Å²) in [4.78, 5) is 4.12. The quantitative estimate of drug-likeness (QED) is 0.765. The van der Waals surface area contributed by atoms with Crippen molar-refractivity contribution in [2.24, 2.45) is 5.92 Å². The predicted octanol–water partition coefficient (Wildman–Crippen LogP) is 2.60. The molecule has 0 aliphatic heterocycles. The highest BCUT2D eigenvalue weighted by Gasteiger charge is 2.27. The van der Waals surface area contributed by atoms with Gasteiger partial charge in [0.15, 0.2) is 0 Å². The molecule has 1 aromatic rings. The fourth-order valence-corrected chi connectivity index (χ4v) is 1.57. The van der Waals surface area contributed by atoms with Crippen molar-refractivity contribution in [3.8, 4) is 0 Å². The molecule has 0 radical (unpaired) electrons. The van der Waals surface area contributed by atoms with E-state index >= 15 is 0 Å². The predicted molar refractivity (Wildman–Crippen MR) is 54.8 cm³/mol. The third kappa shape index (κ3) is 2.00. The maximum absolute atomic E-state index is 4.12. The Balaban J connectivity index is 2.03. The second-order valence-electron chi connectivity index (χ2n) is 3.96. The zero-order valence-electron chi connectivity index (χ0n) is 8.25. The molecule has 1 fully saturated rings. The molecule has 0 bridgehead atoms. The summed E-state index contributed by atoms with van der Waals surface area (Å²) in [7, 11) is 0. The number of anilines is 1. The lowest BCUT2D eigenvalue weighted by atomic mass is 10.2. The first-order valence-corrected chi connectivity index (χ1v) is 4.94. The number of rotatable bonds is 3. The van der Waals surface area contributed by atoms with Crippen LogP contribution >= 0.6 is 0 Å². The highest BCUT2D eigenvalue weighted by Crippen LogP contribution is 2.34. The molecule has 0 amide bonds. The molecule has 70 valence electrons. The third-order valence-electron chi connectivity index (χ3n) is 2.75. The van der Waals surface area contributed by atoms with Crippen LogP contribution in [-0.2, 0) is 0 Å². The number of nitrogens with zero attached hydrogens (tertiary/aromatic N) is 1. The van der Waals surface area contributed by atoms with E-state index in [4.69, 9.17) is 0 Å². The van der Waals surface area contributed by atoms with E-state index < -0.39 is 0 Å². The number of aryl methyl sites for hydroxylation is 1. The minimum atomic E-state index is 0.600. The van der Waals surface area contributed by atoms with Gasteiger partial charge in [-0.2, -0.15) is 0 Å². The highest BCUT2D eigenvalue weighted by atomic mass is 14.9. The van der Waals surface area contributed by atoms with E-state index in [2.05, 4.69) is 24.1 Å². The van der Waals surface area contributed by atoms with Crippen LogP contribution in [0.3, 0.4) is 0 Å². The molecule has 1 aromatic heterocycles. The lowest BCUT2D eigenvalue weighted by Crippen LogP contribution is -2.17. The lowest BCUT2D eigenvalue weighted by molar-refractivity contribution is 0.693. The summed E-state index contributed by atoms with van der Waals surface area (Å²) < 4.78 is 0. The van der Waals surface area contributed by atoms with Gasteiger partial charge in [0.1, 0.15) is 0 Å². The largest absolute Gasteiger partial charge is 0.381 e. The normalized spacial score (nSPS) is 18.3. The van der Waals surface area contributed by atoms with Crippen molar-refractivity contribution < 1.29 is 0 Å². The monoisotopic (exact) mass is 176 g/mol. The van der Waals surface area contributed by atoms with Gasteiger partial charge in [-0.05, 0) is 44.2 Å². The van der Waals surface area contributed by atoms with E-state index in [1.807, 2.05) is 18.5 Å². The van der Waals surface area contributed by atoms with Gasteiger partial charge in [-0.1, -0.05) is 0 Å². The summed E-state index contributed by atoms with van der Waals surface area (Å²) in [5.41, 5.74) is 2.46. The van der Waals surface area contributed by atoms with Crippen LogP contribution < -0.4 is 5.32 Å². The number of aromatic nitrogens is 1. The molecular formula is C11H16N2. The second-order valence-corrected chi connectivity index (χ2v) is 3.96. The minimum absolute atomic E-state index is 0.600.